The molecule has 3 heteroatoms. The molecule has 1 atom stereocenters. The van der Waals surface area contributed by atoms with Gasteiger partial charge in [-0.1, -0.05) is 24.3 Å². The van der Waals surface area contributed by atoms with Gasteiger partial charge >= 0.3 is 0 Å². The van der Waals surface area contributed by atoms with E-state index in [2.05, 4.69) is 4.99 Å². The molecule has 0 aliphatic rings. The van der Waals surface area contributed by atoms with Gasteiger partial charge in [0.05, 0.1) is 13.2 Å². The first-order valence-corrected chi connectivity index (χ1v) is 6.16. The number of ether oxygens (including phenoxy) is 1. The van der Waals surface area contributed by atoms with Gasteiger partial charge in [0.15, 0.2) is 0 Å². The van der Waals surface area contributed by atoms with Gasteiger partial charge in [-0.05, 0) is 36.8 Å². The summed E-state index contributed by atoms with van der Waals surface area (Å²) in [6.45, 7) is 2.01. The summed E-state index contributed by atoms with van der Waals surface area (Å²) >= 11 is 0. The van der Waals surface area contributed by atoms with Gasteiger partial charge in [-0.2, -0.15) is 0 Å². The van der Waals surface area contributed by atoms with Crippen LogP contribution in [0.15, 0.2) is 53.5 Å². The number of phenols is 1. The lowest BCUT2D eigenvalue weighted by Crippen LogP contribution is -1.92. The zero-order chi connectivity index (χ0) is 13.7. The maximum Gasteiger partial charge on any atom is 0.124 e. The van der Waals surface area contributed by atoms with E-state index in [1.165, 1.54) is 0 Å². The van der Waals surface area contributed by atoms with Crippen LogP contribution in [0.1, 0.15) is 24.1 Å². The summed E-state index contributed by atoms with van der Waals surface area (Å²) in [4.78, 5) is 4.46. The van der Waals surface area contributed by atoms with E-state index in [1.54, 1.807) is 25.5 Å². The van der Waals surface area contributed by atoms with Crippen molar-refractivity contribution in [2.75, 3.05) is 7.11 Å². The Bertz CT molecular complexity index is 561. The van der Waals surface area contributed by atoms with Crippen molar-refractivity contribution >= 4 is 6.21 Å². The molecule has 0 bridgehead atoms. The predicted molar refractivity (Wildman–Crippen MR) is 77.1 cm³/mol. The monoisotopic (exact) mass is 255 g/mol. The minimum Gasteiger partial charge on any atom is -0.507 e. The molecule has 2 rings (SSSR count). The number of benzene rings is 2. The van der Waals surface area contributed by atoms with Gasteiger partial charge in [-0.3, -0.25) is 4.99 Å². The lowest BCUT2D eigenvalue weighted by atomic mass is 10.1. The Morgan fingerprint density at radius 1 is 1.11 bits per heavy atom. The lowest BCUT2D eigenvalue weighted by Gasteiger charge is -2.07. The third-order valence-electron chi connectivity index (χ3n) is 2.97. The van der Waals surface area contributed by atoms with Crippen LogP contribution in [-0.4, -0.2) is 18.4 Å². The highest BCUT2D eigenvalue weighted by Gasteiger charge is 2.03. The minimum atomic E-state index is 0.0329. The molecule has 3 nitrogen and oxygen atoms in total. The van der Waals surface area contributed by atoms with Crippen LogP contribution in [0.25, 0.3) is 0 Å². The second-order valence-electron chi connectivity index (χ2n) is 4.29. The van der Waals surface area contributed by atoms with Crippen LogP contribution in [0.4, 0.5) is 0 Å². The molecule has 0 saturated carbocycles. The normalized spacial score (nSPS) is 12.5. The number of hydrogen-bond donors (Lipinski definition) is 1. The van der Waals surface area contributed by atoms with Gasteiger partial charge in [0, 0.05) is 11.8 Å². The van der Waals surface area contributed by atoms with Crippen LogP contribution in [0, 0.1) is 0 Å². The number of aromatic hydroxyl groups is 1. The first-order chi connectivity index (χ1) is 9.20. The summed E-state index contributed by atoms with van der Waals surface area (Å²) in [6, 6.07) is 15.0. The second kappa shape index (κ2) is 6.05. The molecule has 1 N–H and O–H groups in total. The van der Waals surface area contributed by atoms with Crippen molar-refractivity contribution in [3.8, 4) is 11.5 Å². The van der Waals surface area contributed by atoms with E-state index in [-0.39, 0.29) is 11.8 Å². The Hall–Kier alpha value is -2.29. The number of nitrogens with zero attached hydrogens (tertiary/aromatic N) is 1. The fourth-order valence-electron chi connectivity index (χ4n) is 1.76. The zero-order valence-corrected chi connectivity index (χ0v) is 11.1. The molecular formula is C16H17NO2. The Balaban J connectivity index is 2.12. The molecular weight excluding hydrogens is 238 g/mol. The molecule has 2 aromatic rings. The summed E-state index contributed by atoms with van der Waals surface area (Å²) in [5, 5.41) is 9.65. The molecule has 0 aliphatic carbocycles. The Morgan fingerprint density at radius 2 is 1.79 bits per heavy atom. The molecule has 2 aromatic carbocycles. The third kappa shape index (κ3) is 3.35. The first kappa shape index (κ1) is 13.1. The zero-order valence-electron chi connectivity index (χ0n) is 11.1. The molecule has 0 fully saturated rings. The maximum atomic E-state index is 9.65. The van der Waals surface area contributed by atoms with Gasteiger partial charge in [-0.15, -0.1) is 0 Å². The van der Waals surface area contributed by atoms with Crippen LogP contribution < -0.4 is 4.74 Å². The van der Waals surface area contributed by atoms with Crippen molar-refractivity contribution in [3.63, 3.8) is 0 Å². The van der Waals surface area contributed by atoms with Gasteiger partial charge in [0.1, 0.15) is 11.5 Å². The van der Waals surface area contributed by atoms with Gasteiger partial charge in [0.25, 0.3) is 0 Å². The van der Waals surface area contributed by atoms with Crippen molar-refractivity contribution in [1.29, 1.82) is 0 Å². The summed E-state index contributed by atoms with van der Waals surface area (Å²) in [7, 11) is 1.65. The quantitative estimate of drug-likeness (QED) is 0.848. The Morgan fingerprint density at radius 3 is 2.42 bits per heavy atom. The van der Waals surface area contributed by atoms with Crippen molar-refractivity contribution in [2.45, 2.75) is 13.0 Å². The number of para-hydroxylation sites is 1. The first-order valence-electron chi connectivity index (χ1n) is 6.16. The number of methoxy groups -OCH3 is 1. The summed E-state index contributed by atoms with van der Waals surface area (Å²) < 4.78 is 5.12. The van der Waals surface area contributed by atoms with Gasteiger partial charge in [-0.25, -0.2) is 0 Å². The fourth-order valence-corrected chi connectivity index (χ4v) is 1.76. The average Bonchev–Trinajstić information content (AvgIpc) is 2.46. The Kier molecular flexibility index (Phi) is 4.18. The minimum absolute atomic E-state index is 0.0329. The fraction of sp³-hybridized carbons (Fsp3) is 0.188. The number of rotatable bonds is 4. The van der Waals surface area contributed by atoms with E-state index in [0.29, 0.717) is 0 Å². The van der Waals surface area contributed by atoms with E-state index in [4.69, 9.17) is 4.74 Å². The summed E-state index contributed by atoms with van der Waals surface area (Å²) in [5.74, 6) is 1.08. The maximum absolute atomic E-state index is 9.65. The number of phenolic OH excluding ortho intramolecular Hbond substituents is 1. The smallest absolute Gasteiger partial charge is 0.124 e. The van der Waals surface area contributed by atoms with Crippen LogP contribution in [-0.2, 0) is 0 Å². The summed E-state index contributed by atoms with van der Waals surface area (Å²) in [5.41, 5.74) is 1.83. The number of aliphatic imine (C=N–C) groups is 1. The largest absolute Gasteiger partial charge is 0.507 e. The van der Waals surface area contributed by atoms with Crippen molar-refractivity contribution in [2.24, 2.45) is 4.99 Å². The molecule has 19 heavy (non-hydrogen) atoms. The van der Waals surface area contributed by atoms with Gasteiger partial charge in [0.2, 0.25) is 0 Å². The van der Waals surface area contributed by atoms with E-state index >= 15 is 0 Å². The summed E-state index contributed by atoms with van der Waals surface area (Å²) in [6.07, 6.45) is 1.70. The average molecular weight is 255 g/mol. The van der Waals surface area contributed by atoms with E-state index in [9.17, 15) is 5.11 Å². The van der Waals surface area contributed by atoms with E-state index in [0.717, 1.165) is 16.9 Å². The molecule has 0 saturated heterocycles. The molecule has 0 amide bonds. The van der Waals surface area contributed by atoms with Crippen LogP contribution in [0.3, 0.4) is 0 Å². The topological polar surface area (TPSA) is 41.8 Å². The van der Waals surface area contributed by atoms with Crippen LogP contribution >= 0.6 is 0 Å². The SMILES string of the molecule is COc1ccc([C@@H](C)N=Cc2ccccc2O)cc1. The van der Waals surface area contributed by atoms with Crippen molar-refractivity contribution in [1.82, 2.24) is 0 Å². The van der Waals surface area contributed by atoms with Crippen molar-refractivity contribution in [3.05, 3.63) is 59.7 Å². The Labute approximate surface area is 113 Å². The lowest BCUT2D eigenvalue weighted by molar-refractivity contribution is 0.414. The molecule has 0 heterocycles. The third-order valence-corrected chi connectivity index (χ3v) is 2.97. The standard InChI is InChI=1S/C16H17NO2/c1-12(13-7-9-15(19-2)10-8-13)17-11-14-5-3-4-6-16(14)18/h3-12,18H,1-2H3/t12-/m1/s1. The van der Waals surface area contributed by atoms with Crippen molar-refractivity contribution < 1.29 is 9.84 Å². The predicted octanol–water partition coefficient (Wildman–Crippen LogP) is 3.58. The highest BCUT2D eigenvalue weighted by atomic mass is 16.5. The molecule has 0 aromatic heterocycles. The van der Waals surface area contributed by atoms with Crippen LogP contribution in [0.2, 0.25) is 0 Å². The molecule has 0 unspecified atom stereocenters. The van der Waals surface area contributed by atoms with E-state index < -0.39 is 0 Å². The van der Waals surface area contributed by atoms with Crippen LogP contribution in [0.5, 0.6) is 11.5 Å². The second-order valence-corrected chi connectivity index (χ2v) is 4.29. The molecule has 98 valence electrons. The molecule has 0 aliphatic heterocycles. The highest BCUT2D eigenvalue weighted by molar-refractivity contribution is 5.83. The van der Waals surface area contributed by atoms with E-state index in [1.807, 2.05) is 43.3 Å². The van der Waals surface area contributed by atoms with Gasteiger partial charge < -0.3 is 9.84 Å². The molecule has 0 spiro atoms. The highest BCUT2D eigenvalue weighted by Crippen LogP contribution is 2.21. The molecule has 0 radical (unpaired) electrons. The number of hydrogen-bond acceptors (Lipinski definition) is 3.